The molecule has 0 aliphatic heterocycles. The van der Waals surface area contributed by atoms with Gasteiger partial charge in [0.1, 0.15) is 5.76 Å². The van der Waals surface area contributed by atoms with Crippen LogP contribution in [0.15, 0.2) is 44.7 Å². The molecule has 2 rings (SSSR count). The molecular weight excluding hydrogens is 280 g/mol. The molecule has 0 atom stereocenters. The minimum absolute atomic E-state index is 0.0819. The molecule has 0 amide bonds. The summed E-state index contributed by atoms with van der Waals surface area (Å²) >= 11 is 0. The first kappa shape index (κ1) is 14.8. The highest BCUT2D eigenvalue weighted by molar-refractivity contribution is 7.89. The number of furan rings is 2. The molecule has 0 unspecified atom stereocenters. The Labute approximate surface area is 118 Å². The molecule has 20 heavy (non-hydrogen) atoms. The first-order valence-electron chi connectivity index (χ1n) is 6.30. The van der Waals surface area contributed by atoms with Crippen LogP contribution in [0.3, 0.4) is 0 Å². The molecule has 7 heteroatoms. The largest absolute Gasteiger partial charge is 0.472 e. The van der Waals surface area contributed by atoms with Gasteiger partial charge in [0.15, 0.2) is 0 Å². The highest BCUT2D eigenvalue weighted by Crippen LogP contribution is 2.14. The van der Waals surface area contributed by atoms with Crippen molar-refractivity contribution in [3.63, 3.8) is 0 Å². The smallest absolute Gasteiger partial charge is 0.274 e. The highest BCUT2D eigenvalue weighted by atomic mass is 32.2. The molecule has 0 aromatic carbocycles. The van der Waals surface area contributed by atoms with Gasteiger partial charge in [0.05, 0.1) is 19.1 Å². The maximum absolute atomic E-state index is 12.0. The van der Waals surface area contributed by atoms with E-state index in [0.717, 1.165) is 5.56 Å². The Kier molecular flexibility index (Phi) is 4.64. The van der Waals surface area contributed by atoms with Gasteiger partial charge in [0.25, 0.3) is 10.0 Å². The van der Waals surface area contributed by atoms with Gasteiger partial charge in [-0.25, -0.2) is 13.1 Å². The Hall–Kier alpha value is -1.57. The van der Waals surface area contributed by atoms with Crippen molar-refractivity contribution in [2.24, 2.45) is 0 Å². The predicted octanol–water partition coefficient (Wildman–Crippen LogP) is 1.85. The molecular formula is C13H18N2O4S. The number of nitrogens with one attached hydrogen (secondary N) is 2. The molecule has 2 aromatic rings. The predicted molar refractivity (Wildman–Crippen MR) is 73.4 cm³/mol. The Morgan fingerprint density at radius 2 is 2.00 bits per heavy atom. The number of hydrogen-bond acceptors (Lipinski definition) is 5. The van der Waals surface area contributed by atoms with Crippen LogP contribution in [0, 0.1) is 0 Å². The van der Waals surface area contributed by atoms with E-state index in [0.29, 0.717) is 18.3 Å². The molecule has 6 nitrogen and oxygen atoms in total. The Morgan fingerprint density at radius 1 is 1.20 bits per heavy atom. The molecule has 0 saturated carbocycles. The summed E-state index contributed by atoms with van der Waals surface area (Å²) in [5.41, 5.74) is 0.752. The van der Waals surface area contributed by atoms with E-state index in [1.165, 1.54) is 18.6 Å². The second-order valence-electron chi connectivity index (χ2n) is 4.71. The quantitative estimate of drug-likeness (QED) is 0.815. The van der Waals surface area contributed by atoms with Gasteiger partial charge in [-0.3, -0.25) is 0 Å². The zero-order chi connectivity index (χ0) is 14.6. The van der Waals surface area contributed by atoms with Crippen molar-refractivity contribution in [3.8, 4) is 0 Å². The molecule has 0 fully saturated rings. The number of hydrogen-bond donors (Lipinski definition) is 2. The lowest BCUT2D eigenvalue weighted by molar-refractivity contribution is 0.393. The molecule has 2 heterocycles. The van der Waals surface area contributed by atoms with Crippen molar-refractivity contribution in [1.82, 2.24) is 10.0 Å². The SMILES string of the molecule is CC(C)NCc1ccc(S(=O)(=O)NCc2ccoc2)o1. The summed E-state index contributed by atoms with van der Waals surface area (Å²) in [4.78, 5) is 0. The average molecular weight is 298 g/mol. The Morgan fingerprint density at radius 3 is 2.65 bits per heavy atom. The van der Waals surface area contributed by atoms with Crippen LogP contribution >= 0.6 is 0 Å². The van der Waals surface area contributed by atoms with Crippen LogP contribution in [-0.4, -0.2) is 14.5 Å². The molecule has 0 saturated heterocycles. The van der Waals surface area contributed by atoms with Crippen LogP contribution in [0.2, 0.25) is 0 Å². The highest BCUT2D eigenvalue weighted by Gasteiger charge is 2.18. The van der Waals surface area contributed by atoms with Crippen LogP contribution < -0.4 is 10.0 Å². The maximum atomic E-state index is 12.0. The standard InChI is InChI=1S/C13H18N2O4S/c1-10(2)14-8-12-3-4-13(19-12)20(16,17)15-7-11-5-6-18-9-11/h3-6,9-10,14-15H,7-8H2,1-2H3. The Balaban J connectivity index is 1.98. The average Bonchev–Trinajstić information content (AvgIpc) is 3.05. The van der Waals surface area contributed by atoms with Crippen molar-refractivity contribution in [2.45, 2.75) is 38.1 Å². The van der Waals surface area contributed by atoms with Crippen LogP contribution in [0.5, 0.6) is 0 Å². The lowest BCUT2D eigenvalue weighted by atomic mass is 10.3. The molecule has 0 aliphatic carbocycles. The third-order valence-electron chi connectivity index (χ3n) is 2.63. The van der Waals surface area contributed by atoms with E-state index in [1.54, 1.807) is 12.1 Å². The minimum Gasteiger partial charge on any atom is -0.472 e. The lowest BCUT2D eigenvalue weighted by Gasteiger charge is -2.05. The summed E-state index contributed by atoms with van der Waals surface area (Å²) in [5, 5.41) is 3.08. The normalized spacial score (nSPS) is 12.2. The molecule has 2 N–H and O–H groups in total. The van der Waals surface area contributed by atoms with E-state index < -0.39 is 10.0 Å². The third-order valence-corrected chi connectivity index (χ3v) is 3.91. The van der Waals surface area contributed by atoms with Crippen molar-refractivity contribution in [2.75, 3.05) is 0 Å². The van der Waals surface area contributed by atoms with Gasteiger partial charge in [-0.15, -0.1) is 0 Å². The monoisotopic (exact) mass is 298 g/mol. The maximum Gasteiger partial charge on any atom is 0.274 e. The molecule has 0 bridgehead atoms. The fourth-order valence-corrected chi connectivity index (χ4v) is 2.51. The lowest BCUT2D eigenvalue weighted by Crippen LogP contribution is -2.23. The summed E-state index contributed by atoms with van der Waals surface area (Å²) in [6.45, 7) is 4.67. The van der Waals surface area contributed by atoms with E-state index >= 15 is 0 Å². The van der Waals surface area contributed by atoms with Crippen LogP contribution in [0.1, 0.15) is 25.2 Å². The van der Waals surface area contributed by atoms with Gasteiger partial charge in [0, 0.05) is 18.2 Å². The molecule has 0 radical (unpaired) electrons. The van der Waals surface area contributed by atoms with Gasteiger partial charge < -0.3 is 14.2 Å². The van der Waals surface area contributed by atoms with E-state index in [9.17, 15) is 8.42 Å². The molecule has 0 aliphatic rings. The van der Waals surface area contributed by atoms with Gasteiger partial charge >= 0.3 is 0 Å². The summed E-state index contributed by atoms with van der Waals surface area (Å²) in [6.07, 6.45) is 2.98. The van der Waals surface area contributed by atoms with Crippen LogP contribution in [0.25, 0.3) is 0 Å². The first-order chi connectivity index (χ1) is 9.47. The van der Waals surface area contributed by atoms with Crippen molar-refractivity contribution < 1.29 is 17.3 Å². The first-order valence-corrected chi connectivity index (χ1v) is 7.78. The van der Waals surface area contributed by atoms with Crippen LogP contribution in [0.4, 0.5) is 0 Å². The van der Waals surface area contributed by atoms with Gasteiger partial charge in [-0.2, -0.15) is 0 Å². The summed E-state index contributed by atoms with van der Waals surface area (Å²) in [5.74, 6) is 0.586. The zero-order valence-corrected chi connectivity index (χ0v) is 12.2. The van der Waals surface area contributed by atoms with Gasteiger partial charge in [0.2, 0.25) is 5.09 Å². The number of rotatable bonds is 7. The number of sulfonamides is 1. The second kappa shape index (κ2) is 6.25. The van der Waals surface area contributed by atoms with E-state index in [2.05, 4.69) is 10.0 Å². The van der Waals surface area contributed by atoms with E-state index in [-0.39, 0.29) is 11.6 Å². The van der Waals surface area contributed by atoms with E-state index in [1.807, 2.05) is 13.8 Å². The zero-order valence-electron chi connectivity index (χ0n) is 11.4. The molecule has 0 spiro atoms. The third kappa shape index (κ3) is 3.96. The van der Waals surface area contributed by atoms with Crippen molar-refractivity contribution in [1.29, 1.82) is 0 Å². The van der Waals surface area contributed by atoms with Crippen LogP contribution in [-0.2, 0) is 23.1 Å². The van der Waals surface area contributed by atoms with Crippen molar-refractivity contribution in [3.05, 3.63) is 42.0 Å². The minimum atomic E-state index is -3.64. The van der Waals surface area contributed by atoms with Gasteiger partial charge in [-0.05, 0) is 18.2 Å². The molecule has 2 aromatic heterocycles. The summed E-state index contributed by atoms with van der Waals surface area (Å²) in [7, 11) is -3.64. The van der Waals surface area contributed by atoms with Gasteiger partial charge in [-0.1, -0.05) is 13.8 Å². The van der Waals surface area contributed by atoms with Crippen molar-refractivity contribution >= 4 is 10.0 Å². The fraction of sp³-hybridized carbons (Fsp3) is 0.385. The summed E-state index contributed by atoms with van der Waals surface area (Å²) < 4.78 is 36.7. The Bertz CT molecular complexity index is 629. The molecule has 110 valence electrons. The fourth-order valence-electron chi connectivity index (χ4n) is 1.55. The van der Waals surface area contributed by atoms with E-state index in [4.69, 9.17) is 8.83 Å². The topological polar surface area (TPSA) is 84.5 Å². The summed E-state index contributed by atoms with van der Waals surface area (Å²) in [6, 6.07) is 5.11. The second-order valence-corrected chi connectivity index (χ2v) is 6.41.